The monoisotopic (exact) mass is 429 g/mol. The second-order valence-electron chi connectivity index (χ2n) is 6.46. The van der Waals surface area contributed by atoms with Crippen LogP contribution in [-0.2, 0) is 6.18 Å². The first kappa shape index (κ1) is 21.4. The van der Waals surface area contributed by atoms with Crippen LogP contribution in [0.3, 0.4) is 0 Å². The molecular formula is C17H16F5N7O. The molecule has 1 amide bonds. The van der Waals surface area contributed by atoms with Crippen LogP contribution in [0.25, 0.3) is 0 Å². The van der Waals surface area contributed by atoms with Crippen molar-refractivity contribution in [2.75, 3.05) is 11.9 Å². The minimum absolute atomic E-state index is 0.0844. The van der Waals surface area contributed by atoms with Crippen LogP contribution in [0.5, 0.6) is 0 Å². The fourth-order valence-corrected chi connectivity index (χ4v) is 2.95. The lowest BCUT2D eigenvalue weighted by Gasteiger charge is -2.36. The normalized spacial score (nSPS) is 17.2. The van der Waals surface area contributed by atoms with Crippen LogP contribution < -0.4 is 16.6 Å². The molecule has 30 heavy (non-hydrogen) atoms. The van der Waals surface area contributed by atoms with Crippen LogP contribution >= 0.6 is 0 Å². The third-order valence-corrected chi connectivity index (χ3v) is 4.43. The minimum atomic E-state index is -5.04. The maximum absolute atomic E-state index is 14.3. The molecule has 0 unspecified atom stereocenters. The predicted octanol–water partition coefficient (Wildman–Crippen LogP) is 2.19. The van der Waals surface area contributed by atoms with Crippen LogP contribution in [-0.4, -0.2) is 38.3 Å². The zero-order valence-electron chi connectivity index (χ0n) is 15.5. The third kappa shape index (κ3) is 4.30. The lowest BCUT2D eigenvalue weighted by atomic mass is 10.0. The number of halogens is 5. The Morgan fingerprint density at radius 3 is 2.47 bits per heavy atom. The Hall–Kier alpha value is -3.35. The first-order valence-electron chi connectivity index (χ1n) is 8.57. The number of anilines is 1. The smallest absolute Gasteiger partial charge is 0.330 e. The number of aromatic nitrogens is 3. The molecule has 2 aromatic rings. The lowest BCUT2D eigenvalue weighted by molar-refractivity contribution is -0.143. The summed E-state index contributed by atoms with van der Waals surface area (Å²) in [4.78, 5) is 24.5. The first-order chi connectivity index (χ1) is 14.1. The number of hydrogen-bond donors (Lipinski definition) is 3. The summed E-state index contributed by atoms with van der Waals surface area (Å²) in [6.45, 7) is 1.48. The van der Waals surface area contributed by atoms with Crippen molar-refractivity contribution in [2.45, 2.75) is 25.6 Å². The van der Waals surface area contributed by atoms with E-state index in [9.17, 15) is 26.7 Å². The number of nitrogens with two attached hydrogens (primary N) is 1. The maximum Gasteiger partial charge on any atom is 0.436 e. The Kier molecular flexibility index (Phi) is 5.82. The molecule has 1 aliphatic rings. The fraction of sp³-hybridized carbons (Fsp3) is 0.294. The molecule has 0 bridgehead atoms. The van der Waals surface area contributed by atoms with Gasteiger partial charge in [0.05, 0.1) is 30.2 Å². The highest BCUT2D eigenvalue weighted by atomic mass is 19.4. The highest BCUT2D eigenvalue weighted by molar-refractivity contribution is 5.95. The number of hydrogen-bond acceptors (Lipinski definition) is 7. The van der Waals surface area contributed by atoms with Crippen molar-refractivity contribution in [1.82, 2.24) is 25.3 Å². The molecule has 3 rings (SSSR count). The molecule has 0 aromatic carbocycles. The van der Waals surface area contributed by atoms with Gasteiger partial charge in [-0.1, -0.05) is 0 Å². The van der Waals surface area contributed by atoms with Gasteiger partial charge in [0, 0.05) is 24.4 Å². The molecular weight excluding hydrogens is 413 g/mol. The summed E-state index contributed by atoms with van der Waals surface area (Å²) >= 11 is 0. The van der Waals surface area contributed by atoms with E-state index in [0.717, 1.165) is 24.7 Å². The second kappa shape index (κ2) is 8.18. The van der Waals surface area contributed by atoms with Gasteiger partial charge in [-0.3, -0.25) is 10.6 Å². The summed E-state index contributed by atoms with van der Waals surface area (Å²) in [5.74, 6) is 2.28. The van der Waals surface area contributed by atoms with E-state index in [1.807, 2.05) is 0 Å². The van der Waals surface area contributed by atoms with E-state index < -0.39 is 41.0 Å². The molecule has 0 saturated carbocycles. The SMILES string of the molecule is C[C@H]1CC(Nc2ncc(F)cn2)=C(NN)CN1C(=O)c1ccnc(C(F)(F)F)c1F. The van der Waals surface area contributed by atoms with Crippen LogP contribution in [0.15, 0.2) is 36.1 Å². The van der Waals surface area contributed by atoms with Crippen molar-refractivity contribution in [2.24, 2.45) is 5.84 Å². The molecule has 13 heteroatoms. The van der Waals surface area contributed by atoms with Crippen LogP contribution in [0.4, 0.5) is 27.9 Å². The summed E-state index contributed by atoms with van der Waals surface area (Å²) in [5.41, 5.74) is 0.685. The van der Waals surface area contributed by atoms with Gasteiger partial charge in [-0.2, -0.15) is 13.2 Å². The summed E-state index contributed by atoms with van der Waals surface area (Å²) in [6, 6.07) is 0.346. The van der Waals surface area contributed by atoms with Crippen molar-refractivity contribution < 1.29 is 26.7 Å². The van der Waals surface area contributed by atoms with Crippen LogP contribution in [0.2, 0.25) is 0 Å². The minimum Gasteiger partial charge on any atom is -0.330 e. The zero-order valence-corrected chi connectivity index (χ0v) is 15.5. The molecule has 0 radical (unpaired) electrons. The van der Waals surface area contributed by atoms with Gasteiger partial charge in [0.1, 0.15) is 0 Å². The Morgan fingerprint density at radius 1 is 1.20 bits per heavy atom. The fourth-order valence-electron chi connectivity index (χ4n) is 2.95. The van der Waals surface area contributed by atoms with Crippen molar-refractivity contribution in [3.05, 3.63) is 58.9 Å². The Balaban J connectivity index is 1.87. The molecule has 1 atom stereocenters. The van der Waals surface area contributed by atoms with E-state index >= 15 is 0 Å². The Bertz CT molecular complexity index is 977. The number of nitrogens with one attached hydrogen (secondary N) is 2. The number of rotatable bonds is 4. The summed E-state index contributed by atoms with van der Waals surface area (Å²) in [7, 11) is 0. The quantitative estimate of drug-likeness (QED) is 0.388. The molecule has 2 aromatic heterocycles. The van der Waals surface area contributed by atoms with Gasteiger partial charge in [0.15, 0.2) is 17.3 Å². The number of amides is 1. The van der Waals surface area contributed by atoms with Gasteiger partial charge >= 0.3 is 6.18 Å². The summed E-state index contributed by atoms with van der Waals surface area (Å²) in [5, 5.41) is 2.86. The molecule has 8 nitrogen and oxygen atoms in total. The molecule has 0 aliphatic carbocycles. The van der Waals surface area contributed by atoms with E-state index in [2.05, 4.69) is 25.7 Å². The highest BCUT2D eigenvalue weighted by Gasteiger charge is 2.39. The number of pyridine rings is 1. The third-order valence-electron chi connectivity index (χ3n) is 4.43. The number of hydrazine groups is 1. The predicted molar refractivity (Wildman–Crippen MR) is 94.3 cm³/mol. The average molecular weight is 429 g/mol. The van der Waals surface area contributed by atoms with Crippen LogP contribution in [0.1, 0.15) is 29.4 Å². The van der Waals surface area contributed by atoms with E-state index in [0.29, 0.717) is 11.4 Å². The Labute approximate surface area is 167 Å². The molecule has 3 heterocycles. The number of alkyl halides is 3. The lowest BCUT2D eigenvalue weighted by Crippen LogP contribution is -2.48. The topological polar surface area (TPSA) is 109 Å². The molecule has 0 saturated heterocycles. The molecule has 0 spiro atoms. The highest BCUT2D eigenvalue weighted by Crippen LogP contribution is 2.32. The van der Waals surface area contributed by atoms with E-state index in [1.165, 1.54) is 4.90 Å². The second-order valence-corrected chi connectivity index (χ2v) is 6.46. The van der Waals surface area contributed by atoms with Gasteiger partial charge in [-0.05, 0) is 13.0 Å². The first-order valence-corrected chi connectivity index (χ1v) is 8.57. The van der Waals surface area contributed by atoms with E-state index in [-0.39, 0.29) is 18.9 Å². The molecule has 0 fully saturated rings. The van der Waals surface area contributed by atoms with Crippen molar-refractivity contribution in [3.63, 3.8) is 0 Å². The summed E-state index contributed by atoms with van der Waals surface area (Å²) in [6.07, 6.45) is -2.23. The van der Waals surface area contributed by atoms with Gasteiger partial charge in [-0.15, -0.1) is 0 Å². The zero-order chi connectivity index (χ0) is 22.1. The summed E-state index contributed by atoms with van der Waals surface area (Å²) < 4.78 is 66.0. The van der Waals surface area contributed by atoms with Gasteiger partial charge < -0.3 is 15.6 Å². The Morgan fingerprint density at radius 2 is 1.87 bits per heavy atom. The average Bonchev–Trinajstić information content (AvgIpc) is 2.69. The van der Waals surface area contributed by atoms with Crippen molar-refractivity contribution >= 4 is 11.9 Å². The molecule has 1 aliphatic heterocycles. The molecule has 160 valence electrons. The van der Waals surface area contributed by atoms with Gasteiger partial charge in [0.25, 0.3) is 5.91 Å². The van der Waals surface area contributed by atoms with Crippen molar-refractivity contribution in [3.8, 4) is 0 Å². The van der Waals surface area contributed by atoms with Crippen molar-refractivity contribution in [1.29, 1.82) is 0 Å². The van der Waals surface area contributed by atoms with E-state index in [4.69, 9.17) is 5.84 Å². The largest absolute Gasteiger partial charge is 0.436 e. The number of nitrogens with zero attached hydrogens (tertiary/aromatic N) is 4. The van der Waals surface area contributed by atoms with Crippen LogP contribution in [0, 0.1) is 11.6 Å². The van der Waals surface area contributed by atoms with Gasteiger partial charge in [-0.25, -0.2) is 23.7 Å². The standard InChI is InChI=1S/C17H16F5N7O/c1-8-4-11(27-16-25-5-9(18)6-26-16)12(28-23)7-29(8)15(30)10-2-3-24-14(13(10)19)17(20,21)22/h2-3,5-6,8,28H,4,7,23H2,1H3,(H,25,26,27)/t8-/m0/s1. The number of carbonyl (C=O) groups is 1. The number of carbonyl (C=O) groups excluding carboxylic acids is 1. The van der Waals surface area contributed by atoms with E-state index in [1.54, 1.807) is 6.92 Å². The molecule has 4 N–H and O–H groups in total. The van der Waals surface area contributed by atoms with Gasteiger partial charge in [0.2, 0.25) is 5.95 Å². The maximum atomic E-state index is 14.3.